The number of rotatable bonds is 5. The standard InChI is InChI=1S/C23H30N2O2S/c1-5-23(3,4)15-9-12-17-18(13-15)28-22-19(17)21(26)24-20(25-22)14-7-10-16(11-8-14)27-6-2/h7-8,10-11,15,20,25H,5-6,9,12-13H2,1-4H3,(H,24,26)/t15-,20-/m1/s1. The topological polar surface area (TPSA) is 50.4 Å². The number of carbonyl (C=O) groups is 1. The molecule has 0 bridgehead atoms. The SMILES string of the molecule is CCOc1ccc([C@@H]2NC(=O)c3c(sc4c3CC[C@@H](C(C)(C)CC)C4)N2)cc1. The van der Waals surface area contributed by atoms with Gasteiger partial charge >= 0.3 is 0 Å². The van der Waals surface area contributed by atoms with Gasteiger partial charge in [0.05, 0.1) is 12.2 Å². The minimum atomic E-state index is -0.196. The van der Waals surface area contributed by atoms with Gasteiger partial charge in [0.15, 0.2) is 0 Å². The van der Waals surface area contributed by atoms with Crippen LogP contribution in [0.1, 0.15) is 73.1 Å². The van der Waals surface area contributed by atoms with E-state index in [2.05, 4.69) is 31.4 Å². The van der Waals surface area contributed by atoms with Crippen LogP contribution < -0.4 is 15.4 Å². The zero-order valence-electron chi connectivity index (χ0n) is 17.2. The molecule has 1 aliphatic carbocycles. The largest absolute Gasteiger partial charge is 0.494 e. The first-order chi connectivity index (χ1) is 13.4. The number of benzene rings is 1. The molecule has 0 saturated heterocycles. The average molecular weight is 399 g/mol. The number of nitrogens with one attached hydrogen (secondary N) is 2. The molecular weight excluding hydrogens is 368 g/mol. The van der Waals surface area contributed by atoms with E-state index in [9.17, 15) is 4.79 Å². The van der Waals surface area contributed by atoms with Crippen molar-refractivity contribution in [2.45, 2.75) is 59.5 Å². The van der Waals surface area contributed by atoms with Crippen molar-refractivity contribution >= 4 is 22.2 Å². The van der Waals surface area contributed by atoms with Crippen molar-refractivity contribution in [2.24, 2.45) is 11.3 Å². The van der Waals surface area contributed by atoms with Gasteiger partial charge in [-0.2, -0.15) is 0 Å². The molecule has 2 N–H and O–H groups in total. The fraction of sp³-hybridized carbons (Fsp3) is 0.522. The Morgan fingerprint density at radius 2 is 1.93 bits per heavy atom. The predicted octanol–water partition coefficient (Wildman–Crippen LogP) is 5.54. The maximum Gasteiger partial charge on any atom is 0.256 e. The highest BCUT2D eigenvalue weighted by Crippen LogP contribution is 2.46. The third kappa shape index (κ3) is 3.41. The third-order valence-corrected chi connectivity index (χ3v) is 7.77. The Morgan fingerprint density at radius 3 is 2.61 bits per heavy atom. The number of thiophene rings is 1. The smallest absolute Gasteiger partial charge is 0.256 e. The van der Waals surface area contributed by atoms with E-state index in [1.165, 1.54) is 23.3 Å². The first kappa shape index (κ1) is 19.3. The van der Waals surface area contributed by atoms with Crippen LogP contribution in [0.15, 0.2) is 24.3 Å². The maximum absolute atomic E-state index is 12.9. The van der Waals surface area contributed by atoms with Crippen LogP contribution >= 0.6 is 11.3 Å². The Balaban J connectivity index is 1.57. The fourth-order valence-corrected chi connectivity index (χ4v) is 5.70. The lowest BCUT2D eigenvalue weighted by molar-refractivity contribution is 0.0934. The molecule has 0 saturated carbocycles. The zero-order valence-corrected chi connectivity index (χ0v) is 18.0. The fourth-order valence-electron chi connectivity index (χ4n) is 4.34. The molecule has 1 aromatic carbocycles. The number of hydrogen-bond donors (Lipinski definition) is 2. The van der Waals surface area contributed by atoms with E-state index in [-0.39, 0.29) is 12.1 Å². The van der Waals surface area contributed by atoms with Crippen molar-refractivity contribution in [2.75, 3.05) is 11.9 Å². The average Bonchev–Trinajstić information content (AvgIpc) is 3.07. The summed E-state index contributed by atoms with van der Waals surface area (Å²) in [6.45, 7) is 9.67. The van der Waals surface area contributed by atoms with E-state index in [1.54, 1.807) is 11.3 Å². The summed E-state index contributed by atoms with van der Waals surface area (Å²) < 4.78 is 5.52. The molecule has 2 aromatic rings. The van der Waals surface area contributed by atoms with E-state index in [4.69, 9.17) is 4.74 Å². The van der Waals surface area contributed by atoms with Gasteiger partial charge in [0.25, 0.3) is 5.91 Å². The van der Waals surface area contributed by atoms with Gasteiger partial charge in [-0.3, -0.25) is 4.79 Å². The summed E-state index contributed by atoms with van der Waals surface area (Å²) >= 11 is 1.78. The molecule has 1 aliphatic heterocycles. The summed E-state index contributed by atoms with van der Waals surface area (Å²) in [6, 6.07) is 7.95. The van der Waals surface area contributed by atoms with Gasteiger partial charge in [-0.15, -0.1) is 11.3 Å². The third-order valence-electron chi connectivity index (χ3n) is 6.58. The maximum atomic E-state index is 12.9. The molecule has 1 aromatic heterocycles. The minimum Gasteiger partial charge on any atom is -0.494 e. The quantitative estimate of drug-likeness (QED) is 0.695. The van der Waals surface area contributed by atoms with Crippen molar-refractivity contribution in [3.8, 4) is 5.75 Å². The molecule has 2 aliphatic rings. The number of fused-ring (bicyclic) bond motifs is 3. The van der Waals surface area contributed by atoms with Crippen LogP contribution in [0.4, 0.5) is 5.00 Å². The molecule has 0 fully saturated rings. The molecule has 2 heterocycles. The Kier molecular flexibility index (Phi) is 5.13. The highest BCUT2D eigenvalue weighted by Gasteiger charge is 2.37. The van der Waals surface area contributed by atoms with Crippen LogP contribution in [0.3, 0.4) is 0 Å². The summed E-state index contributed by atoms with van der Waals surface area (Å²) in [5, 5.41) is 7.74. The highest BCUT2D eigenvalue weighted by molar-refractivity contribution is 7.16. The molecule has 4 nitrogen and oxygen atoms in total. The number of amides is 1. The van der Waals surface area contributed by atoms with Gasteiger partial charge in [0, 0.05) is 4.88 Å². The summed E-state index contributed by atoms with van der Waals surface area (Å²) in [4.78, 5) is 14.3. The van der Waals surface area contributed by atoms with E-state index in [1.807, 2.05) is 31.2 Å². The summed E-state index contributed by atoms with van der Waals surface area (Å²) in [7, 11) is 0. The van der Waals surface area contributed by atoms with E-state index < -0.39 is 0 Å². The van der Waals surface area contributed by atoms with Crippen LogP contribution in [0.2, 0.25) is 0 Å². The first-order valence-electron chi connectivity index (χ1n) is 10.4. The van der Waals surface area contributed by atoms with Gasteiger partial charge in [0.2, 0.25) is 0 Å². The number of ether oxygens (including phenoxy) is 1. The lowest BCUT2D eigenvalue weighted by Crippen LogP contribution is -2.38. The Hall–Kier alpha value is -2.01. The van der Waals surface area contributed by atoms with Crippen molar-refractivity contribution < 1.29 is 9.53 Å². The summed E-state index contributed by atoms with van der Waals surface area (Å²) in [5.41, 5.74) is 3.55. The molecule has 0 radical (unpaired) electrons. The van der Waals surface area contributed by atoms with Gasteiger partial charge in [-0.25, -0.2) is 0 Å². The Labute approximate surface area is 171 Å². The van der Waals surface area contributed by atoms with Crippen LogP contribution in [0, 0.1) is 11.3 Å². The number of hydrogen-bond acceptors (Lipinski definition) is 4. The summed E-state index contributed by atoms with van der Waals surface area (Å²) in [6.07, 6.45) is 4.27. The number of carbonyl (C=O) groups excluding carboxylic acids is 1. The van der Waals surface area contributed by atoms with Crippen molar-refractivity contribution in [1.29, 1.82) is 0 Å². The molecule has 1 amide bonds. The Bertz CT molecular complexity index is 869. The lowest BCUT2D eigenvalue weighted by Gasteiger charge is -2.36. The molecule has 5 heteroatoms. The predicted molar refractivity (Wildman–Crippen MR) is 115 cm³/mol. The van der Waals surface area contributed by atoms with Crippen molar-refractivity contribution in [3.63, 3.8) is 0 Å². The van der Waals surface area contributed by atoms with Crippen molar-refractivity contribution in [3.05, 3.63) is 45.8 Å². The highest BCUT2D eigenvalue weighted by atomic mass is 32.1. The van der Waals surface area contributed by atoms with Crippen LogP contribution in [-0.2, 0) is 12.8 Å². The summed E-state index contributed by atoms with van der Waals surface area (Å²) in [5.74, 6) is 1.60. The first-order valence-corrected chi connectivity index (χ1v) is 11.2. The van der Waals surface area contributed by atoms with E-state index in [0.29, 0.717) is 17.9 Å². The second kappa shape index (κ2) is 7.43. The second-order valence-electron chi connectivity index (χ2n) is 8.54. The van der Waals surface area contributed by atoms with E-state index in [0.717, 1.165) is 34.7 Å². The Morgan fingerprint density at radius 1 is 1.18 bits per heavy atom. The lowest BCUT2D eigenvalue weighted by atomic mass is 9.69. The molecule has 150 valence electrons. The van der Waals surface area contributed by atoms with Crippen LogP contribution in [0.5, 0.6) is 5.75 Å². The van der Waals surface area contributed by atoms with Gasteiger partial charge in [0.1, 0.15) is 16.9 Å². The normalized spacial score (nSPS) is 21.4. The molecule has 0 spiro atoms. The van der Waals surface area contributed by atoms with Gasteiger partial charge in [-0.05, 0) is 60.8 Å². The van der Waals surface area contributed by atoms with Crippen molar-refractivity contribution in [1.82, 2.24) is 5.32 Å². The minimum absolute atomic E-state index is 0.0540. The second-order valence-corrected chi connectivity index (χ2v) is 9.65. The van der Waals surface area contributed by atoms with Crippen LogP contribution in [-0.4, -0.2) is 12.5 Å². The van der Waals surface area contributed by atoms with Crippen LogP contribution in [0.25, 0.3) is 0 Å². The monoisotopic (exact) mass is 398 g/mol. The number of anilines is 1. The van der Waals surface area contributed by atoms with Gasteiger partial charge in [-0.1, -0.05) is 39.3 Å². The molecule has 4 rings (SSSR count). The van der Waals surface area contributed by atoms with E-state index >= 15 is 0 Å². The molecular formula is C23H30N2O2S. The molecule has 28 heavy (non-hydrogen) atoms. The molecule has 2 atom stereocenters. The van der Waals surface area contributed by atoms with Gasteiger partial charge < -0.3 is 15.4 Å². The molecule has 0 unspecified atom stereocenters. The zero-order chi connectivity index (χ0) is 19.9.